The predicted molar refractivity (Wildman–Crippen MR) is 40.5 cm³/mol. The quantitative estimate of drug-likeness (QED) is 0.678. The Bertz CT molecular complexity index is 381. The van der Waals surface area contributed by atoms with Gasteiger partial charge >= 0.3 is 0 Å². The molecule has 0 spiro atoms. The van der Waals surface area contributed by atoms with Gasteiger partial charge in [-0.05, 0) is 12.1 Å². The molecule has 0 radical (unpaired) electrons. The number of hydrogen-bond acceptors (Lipinski definition) is 1. The third-order valence-corrected chi connectivity index (χ3v) is 1.63. The van der Waals surface area contributed by atoms with Gasteiger partial charge in [-0.25, -0.2) is 17.6 Å². The molecular weight excluding hydrogens is 198 g/mol. The summed E-state index contributed by atoms with van der Waals surface area (Å²) < 4.78 is 51.1. The van der Waals surface area contributed by atoms with Crippen LogP contribution in [0, 0.1) is 23.0 Å². The minimum absolute atomic E-state index is 0.362. The fourth-order valence-corrected chi connectivity index (χ4v) is 0.981. The van der Waals surface area contributed by atoms with E-state index in [9.17, 15) is 17.6 Å². The van der Waals surface area contributed by atoms with E-state index in [2.05, 4.69) is 0 Å². The largest absolute Gasteiger partial charge is 0.288 e. The Morgan fingerprint density at radius 2 is 1.93 bits per heavy atom. The number of halogens is 4. The molecule has 0 N–H and O–H groups in total. The Balaban J connectivity index is 3.14. The van der Waals surface area contributed by atoms with Crippen LogP contribution in [0.4, 0.5) is 17.6 Å². The molecule has 0 aliphatic rings. The maximum absolute atomic E-state index is 13.0. The van der Waals surface area contributed by atoms with Crippen molar-refractivity contribution in [3.8, 4) is 6.07 Å². The van der Waals surface area contributed by atoms with Crippen molar-refractivity contribution in [3.05, 3.63) is 35.4 Å². The molecule has 0 bridgehead atoms. The zero-order chi connectivity index (χ0) is 10.8. The molecule has 0 heterocycles. The van der Waals surface area contributed by atoms with Gasteiger partial charge in [0.2, 0.25) is 0 Å². The van der Waals surface area contributed by atoms with Gasteiger partial charge < -0.3 is 0 Å². The molecule has 74 valence electrons. The lowest BCUT2D eigenvalue weighted by atomic mass is 10.1. The van der Waals surface area contributed by atoms with Crippen LogP contribution in [0.15, 0.2) is 18.2 Å². The molecule has 0 unspecified atom stereocenters. The van der Waals surface area contributed by atoms with Gasteiger partial charge in [-0.2, -0.15) is 5.26 Å². The zero-order valence-electron chi connectivity index (χ0n) is 6.90. The lowest BCUT2D eigenvalue weighted by Gasteiger charge is -2.13. The highest BCUT2D eigenvalue weighted by atomic mass is 19.3. The summed E-state index contributed by atoms with van der Waals surface area (Å²) in [6.45, 7) is 0. The van der Waals surface area contributed by atoms with Crippen molar-refractivity contribution >= 4 is 0 Å². The maximum atomic E-state index is 13.0. The van der Waals surface area contributed by atoms with E-state index in [1.54, 1.807) is 0 Å². The number of benzene rings is 1. The first kappa shape index (κ1) is 10.5. The van der Waals surface area contributed by atoms with E-state index < -0.39 is 29.5 Å². The van der Waals surface area contributed by atoms with E-state index in [-0.39, 0.29) is 0 Å². The highest BCUT2D eigenvalue weighted by molar-refractivity contribution is 5.24. The summed E-state index contributed by atoms with van der Waals surface area (Å²) in [6.07, 6.45) is -1.13. The smallest absolute Gasteiger partial charge is 0.207 e. The van der Waals surface area contributed by atoms with Crippen LogP contribution in [0.1, 0.15) is 12.0 Å². The molecule has 1 aromatic carbocycles. The van der Waals surface area contributed by atoms with Gasteiger partial charge in [0, 0.05) is 6.07 Å². The van der Waals surface area contributed by atoms with Crippen LogP contribution in [0.2, 0.25) is 0 Å². The first-order valence-electron chi connectivity index (χ1n) is 3.67. The minimum atomic E-state index is -3.58. The molecule has 5 heteroatoms. The van der Waals surface area contributed by atoms with E-state index in [0.29, 0.717) is 12.1 Å². The average molecular weight is 203 g/mol. The number of rotatable bonds is 2. The number of nitrogens with zero attached hydrogens (tertiary/aromatic N) is 1. The van der Waals surface area contributed by atoms with E-state index in [1.165, 1.54) is 6.07 Å². The molecule has 0 amide bonds. The van der Waals surface area contributed by atoms with Crippen LogP contribution in [-0.2, 0) is 5.92 Å². The third-order valence-electron chi connectivity index (χ3n) is 1.63. The molecule has 0 atom stereocenters. The molecule has 0 aliphatic carbocycles. The summed E-state index contributed by atoms with van der Waals surface area (Å²) in [5.74, 6) is -5.85. The van der Waals surface area contributed by atoms with Gasteiger partial charge in [0.25, 0.3) is 5.92 Å². The molecule has 14 heavy (non-hydrogen) atoms. The Labute approximate surface area is 77.6 Å². The van der Waals surface area contributed by atoms with Gasteiger partial charge in [0.05, 0.1) is 11.6 Å². The van der Waals surface area contributed by atoms with Crippen LogP contribution >= 0.6 is 0 Å². The lowest BCUT2D eigenvalue weighted by molar-refractivity contribution is -0.00267. The molecule has 1 rings (SSSR count). The van der Waals surface area contributed by atoms with Crippen molar-refractivity contribution in [3.63, 3.8) is 0 Å². The molecule has 0 aliphatic heterocycles. The van der Waals surface area contributed by atoms with E-state index in [4.69, 9.17) is 5.26 Å². The van der Waals surface area contributed by atoms with Crippen LogP contribution < -0.4 is 0 Å². The van der Waals surface area contributed by atoms with Crippen molar-refractivity contribution in [1.29, 1.82) is 5.26 Å². The number of alkyl halides is 2. The Morgan fingerprint density at radius 1 is 1.29 bits per heavy atom. The molecule has 0 saturated heterocycles. The van der Waals surface area contributed by atoms with Gasteiger partial charge in [0.15, 0.2) is 0 Å². The summed E-state index contributed by atoms with van der Waals surface area (Å²) in [6, 6.07) is 2.97. The highest BCUT2D eigenvalue weighted by Crippen LogP contribution is 2.33. The van der Waals surface area contributed by atoms with E-state index in [1.807, 2.05) is 0 Å². The van der Waals surface area contributed by atoms with Crippen LogP contribution in [0.3, 0.4) is 0 Å². The van der Waals surface area contributed by atoms with Crippen molar-refractivity contribution in [2.24, 2.45) is 0 Å². The topological polar surface area (TPSA) is 23.8 Å². The zero-order valence-corrected chi connectivity index (χ0v) is 6.90. The Hall–Kier alpha value is -1.57. The van der Waals surface area contributed by atoms with Crippen LogP contribution in [0.25, 0.3) is 0 Å². The SMILES string of the molecule is N#CCC(F)(F)c1ccc(F)cc1F. The molecular formula is C9H5F4N. The third kappa shape index (κ3) is 2.02. The molecule has 0 fully saturated rings. The van der Waals surface area contributed by atoms with E-state index in [0.717, 1.165) is 6.07 Å². The Morgan fingerprint density at radius 3 is 2.43 bits per heavy atom. The van der Waals surface area contributed by atoms with Crippen molar-refractivity contribution in [1.82, 2.24) is 0 Å². The van der Waals surface area contributed by atoms with Gasteiger partial charge in [-0.15, -0.1) is 0 Å². The van der Waals surface area contributed by atoms with Crippen molar-refractivity contribution < 1.29 is 17.6 Å². The summed E-state index contributed by atoms with van der Waals surface area (Å²) in [5, 5.41) is 8.08. The summed E-state index contributed by atoms with van der Waals surface area (Å²) in [5.41, 5.74) is -0.958. The van der Waals surface area contributed by atoms with Gasteiger partial charge in [-0.3, -0.25) is 0 Å². The van der Waals surface area contributed by atoms with E-state index >= 15 is 0 Å². The lowest BCUT2D eigenvalue weighted by Crippen LogP contribution is -2.14. The van der Waals surface area contributed by atoms with Gasteiger partial charge in [-0.1, -0.05) is 0 Å². The first-order valence-corrected chi connectivity index (χ1v) is 3.67. The molecule has 0 saturated carbocycles. The molecule has 1 nitrogen and oxygen atoms in total. The minimum Gasteiger partial charge on any atom is -0.207 e. The standard InChI is InChI=1S/C9H5F4N/c10-6-1-2-7(8(11)5-6)9(12,13)3-4-14/h1-2,5H,3H2. The molecule has 1 aromatic rings. The second-order valence-corrected chi connectivity index (χ2v) is 2.66. The summed E-state index contributed by atoms with van der Waals surface area (Å²) in [7, 11) is 0. The first-order chi connectivity index (χ1) is 6.47. The second-order valence-electron chi connectivity index (χ2n) is 2.66. The van der Waals surface area contributed by atoms with Crippen LogP contribution in [-0.4, -0.2) is 0 Å². The van der Waals surface area contributed by atoms with Crippen molar-refractivity contribution in [2.45, 2.75) is 12.3 Å². The number of nitriles is 1. The predicted octanol–water partition coefficient (Wildman–Crippen LogP) is 2.97. The Kier molecular flexibility index (Phi) is 2.75. The molecule has 0 aromatic heterocycles. The summed E-state index contributed by atoms with van der Waals surface area (Å²) >= 11 is 0. The van der Waals surface area contributed by atoms with Crippen molar-refractivity contribution in [2.75, 3.05) is 0 Å². The average Bonchev–Trinajstić information content (AvgIpc) is 2.02. The maximum Gasteiger partial charge on any atom is 0.288 e. The van der Waals surface area contributed by atoms with Gasteiger partial charge in [0.1, 0.15) is 18.1 Å². The highest BCUT2D eigenvalue weighted by Gasteiger charge is 2.34. The monoisotopic (exact) mass is 203 g/mol. The van der Waals surface area contributed by atoms with Crippen LogP contribution in [0.5, 0.6) is 0 Å². The normalized spacial score (nSPS) is 11.1. The fourth-order valence-electron chi connectivity index (χ4n) is 0.981. The fraction of sp³-hybridized carbons (Fsp3) is 0.222. The summed E-state index contributed by atoms with van der Waals surface area (Å²) in [4.78, 5) is 0. The second kappa shape index (κ2) is 3.66. The number of hydrogen-bond donors (Lipinski definition) is 0.